The summed E-state index contributed by atoms with van der Waals surface area (Å²) in [6.45, 7) is 3.26. The van der Waals surface area contributed by atoms with Crippen LogP contribution in [0.5, 0.6) is 0 Å². The van der Waals surface area contributed by atoms with Crippen LogP contribution in [0.1, 0.15) is 86.2 Å². The van der Waals surface area contributed by atoms with E-state index < -0.39 is 70.0 Å². The fourth-order valence-corrected chi connectivity index (χ4v) is 10.5. The predicted octanol–water partition coefficient (Wildman–Crippen LogP) is 13.6. The SMILES string of the molecule is CSC1=NOC(CC(=O)c2ccc(C3=NO[C@@](c4cc(Cl)c(SC)c(Cl)c4)(C(F)(F)F)C3)cc2C)C1.Cc1cc(C2=NO[C@@](c3cc(Cl)c(F)c(Cl)c3)(C(F)(F)F)C2)ccc1C(=O)N(C=O)C1CC(Cl)=NO1. The number of oxime groups is 4. The molecule has 382 valence electrons. The molecule has 0 spiro atoms. The van der Waals surface area contributed by atoms with Crippen molar-refractivity contribution in [2.75, 3.05) is 12.5 Å². The molecule has 72 heavy (non-hydrogen) atoms. The van der Waals surface area contributed by atoms with Gasteiger partial charge in [-0.3, -0.25) is 14.4 Å². The van der Waals surface area contributed by atoms with Crippen molar-refractivity contribution in [3.05, 3.63) is 131 Å². The third kappa shape index (κ3) is 10.9. The Kier molecular flexibility index (Phi) is 16.5. The lowest BCUT2D eigenvalue weighted by Crippen LogP contribution is -2.42. The van der Waals surface area contributed by atoms with Gasteiger partial charge in [0.2, 0.25) is 12.6 Å². The summed E-state index contributed by atoms with van der Waals surface area (Å²) in [5.74, 6) is -1.91. The standard InChI is InChI=1S/C24H21Cl2F3N2O3S2.C22H14Cl3F4N3O4/c1-12-6-13(4-5-16(12)20(32)9-15-10-21(35-2)31-33-15)19-11-23(34-30-19,24(27,28)29)14-7-17(25)22(36-3)18(26)8-14;1-10-4-11(2-3-13(10)20(34)32(9-33)18-7-17(25)31-35-18)16-8-21(36-30-16,22(27,28)29)12-5-14(23)19(26)15(24)6-12/h4-8,15H,9-11H2,1-3H3;2-6,9,18H,7-8H2,1H3/t15?,23-;18?,21-/m00/s1. The summed E-state index contributed by atoms with van der Waals surface area (Å²) in [7, 11) is 0. The second-order valence-electron chi connectivity index (χ2n) is 16.3. The molecule has 0 saturated heterocycles. The number of rotatable bonds is 11. The van der Waals surface area contributed by atoms with Crippen molar-refractivity contribution >= 4 is 121 Å². The lowest BCUT2D eigenvalue weighted by molar-refractivity contribution is -0.276. The third-order valence-electron chi connectivity index (χ3n) is 11.8. The minimum absolute atomic E-state index is 0.0221. The van der Waals surface area contributed by atoms with E-state index in [1.165, 1.54) is 60.8 Å². The van der Waals surface area contributed by atoms with Crippen LogP contribution in [0.3, 0.4) is 0 Å². The molecular weight excluding hydrogens is 1110 g/mol. The molecule has 0 N–H and O–H groups in total. The van der Waals surface area contributed by atoms with Gasteiger partial charge in [-0.2, -0.15) is 26.3 Å². The molecule has 4 heterocycles. The summed E-state index contributed by atoms with van der Waals surface area (Å²) >= 11 is 32.3. The van der Waals surface area contributed by atoms with Crippen molar-refractivity contribution in [2.24, 2.45) is 20.6 Å². The minimum Gasteiger partial charge on any atom is -0.391 e. The first kappa shape index (κ1) is 55.0. The summed E-state index contributed by atoms with van der Waals surface area (Å²) in [4.78, 5) is 58.8. The van der Waals surface area contributed by atoms with Gasteiger partial charge >= 0.3 is 12.4 Å². The number of hydrogen-bond acceptors (Lipinski definition) is 13. The van der Waals surface area contributed by atoms with Crippen LogP contribution in [0, 0.1) is 19.7 Å². The van der Waals surface area contributed by atoms with Crippen LogP contribution in [0.2, 0.25) is 20.1 Å². The number of benzene rings is 4. The molecule has 2 amide bonds. The van der Waals surface area contributed by atoms with E-state index in [0.717, 1.165) is 22.1 Å². The number of carbonyl (C=O) groups excluding carboxylic acids is 3. The average molecular weight is 1140 g/mol. The van der Waals surface area contributed by atoms with E-state index in [1.54, 1.807) is 31.4 Å². The molecule has 2 unspecified atom stereocenters. The molecule has 0 aliphatic carbocycles. The number of nitrogens with zero attached hydrogens (tertiary/aromatic N) is 5. The lowest BCUT2D eigenvalue weighted by Gasteiger charge is -2.30. The first-order valence-electron chi connectivity index (χ1n) is 20.9. The number of alkyl halides is 6. The number of aryl methyl sites for hydroxylation is 2. The van der Waals surface area contributed by atoms with Crippen LogP contribution in [0.15, 0.2) is 86.2 Å². The molecular formula is C46H35Cl5F7N5O7S2. The van der Waals surface area contributed by atoms with Crippen LogP contribution >= 0.6 is 81.5 Å². The number of ketones is 1. The third-order valence-corrected chi connectivity index (χ3v) is 14.9. The first-order valence-corrected chi connectivity index (χ1v) is 25.2. The van der Waals surface area contributed by atoms with Crippen molar-refractivity contribution < 1.29 is 64.5 Å². The van der Waals surface area contributed by atoms with Crippen molar-refractivity contribution in [1.29, 1.82) is 0 Å². The number of imide groups is 1. The number of halogens is 12. The van der Waals surface area contributed by atoms with E-state index in [0.29, 0.717) is 33.6 Å². The Morgan fingerprint density at radius 3 is 1.62 bits per heavy atom. The van der Waals surface area contributed by atoms with Crippen molar-refractivity contribution in [3.8, 4) is 0 Å². The van der Waals surface area contributed by atoms with Gasteiger partial charge in [-0.25, -0.2) is 9.29 Å². The van der Waals surface area contributed by atoms with Gasteiger partial charge in [0.25, 0.3) is 17.1 Å². The van der Waals surface area contributed by atoms with Gasteiger partial charge < -0.3 is 19.4 Å². The maximum atomic E-state index is 14.4. The summed E-state index contributed by atoms with van der Waals surface area (Å²) in [6.07, 6.45) is -7.80. The highest BCUT2D eigenvalue weighted by Gasteiger charge is 2.64. The molecule has 26 heteroatoms. The fraction of sp³-hybridized carbons (Fsp3) is 0.326. The normalized spacial score (nSPS) is 21.5. The zero-order valence-corrected chi connectivity index (χ0v) is 42.9. The summed E-state index contributed by atoms with van der Waals surface area (Å²) < 4.78 is 99.6. The smallest absolute Gasteiger partial charge is 0.391 e. The Hall–Kier alpha value is -4.77. The maximum absolute atomic E-state index is 14.4. The van der Waals surface area contributed by atoms with Crippen LogP contribution in [-0.4, -0.2) is 81.8 Å². The molecule has 0 bridgehead atoms. The molecule has 4 aliphatic rings. The molecule has 4 aromatic rings. The second-order valence-corrected chi connectivity index (χ2v) is 20.1. The van der Waals surface area contributed by atoms with Gasteiger partial charge in [0.1, 0.15) is 11.1 Å². The highest BCUT2D eigenvalue weighted by molar-refractivity contribution is 8.13. The van der Waals surface area contributed by atoms with Crippen LogP contribution in [0.25, 0.3) is 0 Å². The number of carbonyl (C=O) groups is 3. The van der Waals surface area contributed by atoms with Crippen molar-refractivity contribution in [1.82, 2.24) is 4.90 Å². The second kappa shape index (κ2) is 21.6. The molecule has 4 aliphatic heterocycles. The zero-order chi connectivity index (χ0) is 52.7. The highest BCUT2D eigenvalue weighted by Crippen LogP contribution is 2.52. The monoisotopic (exact) mass is 1140 g/mol. The highest BCUT2D eigenvalue weighted by atomic mass is 35.5. The average Bonchev–Trinajstić information content (AvgIpc) is 4.16. The van der Waals surface area contributed by atoms with Crippen molar-refractivity contribution in [3.63, 3.8) is 0 Å². The minimum atomic E-state index is -4.97. The number of amides is 2. The Morgan fingerprint density at radius 1 is 0.708 bits per heavy atom. The van der Waals surface area contributed by atoms with Gasteiger partial charge in [-0.05, 0) is 91.1 Å². The molecule has 0 saturated carbocycles. The van der Waals surface area contributed by atoms with E-state index in [4.69, 9.17) is 77.4 Å². The van der Waals surface area contributed by atoms with E-state index in [1.807, 2.05) is 6.26 Å². The quantitative estimate of drug-likeness (QED) is 0.0472. The lowest BCUT2D eigenvalue weighted by atomic mass is 9.86. The Balaban J connectivity index is 0.000000211. The summed E-state index contributed by atoms with van der Waals surface area (Å²) in [5.41, 5.74) is -4.24. The Morgan fingerprint density at radius 2 is 1.21 bits per heavy atom. The Bertz CT molecular complexity index is 2940. The van der Waals surface area contributed by atoms with Gasteiger partial charge in [-0.15, -0.1) is 23.5 Å². The first-order chi connectivity index (χ1) is 33.9. The van der Waals surface area contributed by atoms with E-state index in [9.17, 15) is 45.1 Å². The number of Topliss-reactive ketones (excluding diaryl/α,β-unsaturated/α-hetero) is 1. The van der Waals surface area contributed by atoms with Gasteiger partial charge in [0.05, 0.1) is 44.4 Å². The zero-order valence-electron chi connectivity index (χ0n) is 37.5. The molecule has 12 nitrogen and oxygen atoms in total. The summed E-state index contributed by atoms with van der Waals surface area (Å²) in [6, 6.07) is 12.9. The predicted molar refractivity (Wildman–Crippen MR) is 261 cm³/mol. The molecule has 4 aromatic carbocycles. The Labute approximate surface area is 439 Å². The number of hydrogen-bond donors (Lipinski definition) is 0. The van der Waals surface area contributed by atoms with Gasteiger partial charge in [0, 0.05) is 46.4 Å². The van der Waals surface area contributed by atoms with E-state index in [2.05, 4.69) is 20.6 Å². The van der Waals surface area contributed by atoms with Crippen molar-refractivity contribution in [2.45, 2.75) is 86.7 Å². The maximum Gasteiger partial charge on any atom is 0.435 e. The van der Waals surface area contributed by atoms with Crippen LogP contribution in [0.4, 0.5) is 30.7 Å². The van der Waals surface area contributed by atoms with Gasteiger partial charge in [-0.1, -0.05) is 96.8 Å². The van der Waals surface area contributed by atoms with Crippen LogP contribution < -0.4 is 0 Å². The molecule has 4 atom stereocenters. The fourth-order valence-electron chi connectivity index (χ4n) is 7.95. The van der Waals surface area contributed by atoms with Gasteiger partial charge in [0.15, 0.2) is 16.8 Å². The molecule has 0 aromatic heterocycles. The summed E-state index contributed by atoms with van der Waals surface area (Å²) in [5, 5.41) is 14.8. The molecule has 0 fully saturated rings. The molecule has 8 rings (SSSR count). The van der Waals surface area contributed by atoms with Crippen LogP contribution in [-0.2, 0) is 35.3 Å². The topological polar surface area (TPSA) is 141 Å². The van der Waals surface area contributed by atoms with E-state index in [-0.39, 0.29) is 74.5 Å². The molecule has 0 radical (unpaired) electrons. The number of thioether (sulfide) groups is 2. The van der Waals surface area contributed by atoms with E-state index >= 15 is 0 Å². The largest absolute Gasteiger partial charge is 0.435 e.